The fourth-order valence-corrected chi connectivity index (χ4v) is 2.84. The van der Waals surface area contributed by atoms with Crippen molar-refractivity contribution in [2.24, 2.45) is 0 Å². The lowest BCUT2D eigenvalue weighted by Gasteiger charge is -2.01. The number of hydroxylamine groups is 1. The minimum absolute atomic E-state index is 0.950. The Balaban J connectivity index is 1.77. The van der Waals surface area contributed by atoms with Crippen LogP contribution in [0.25, 0.3) is 0 Å². The Morgan fingerprint density at radius 3 is 2.16 bits per heavy atom. The summed E-state index contributed by atoms with van der Waals surface area (Å²) in [7, 11) is 1.67. The van der Waals surface area contributed by atoms with Gasteiger partial charge in [0.25, 0.3) is 0 Å². The second-order valence-corrected chi connectivity index (χ2v) is 6.60. The molecule has 0 aromatic carbocycles. The van der Waals surface area contributed by atoms with Crippen LogP contribution in [0.5, 0.6) is 0 Å². The standard InChI is InChI=1S/C22H36N2O/c1-25-24-20-15-13-11-9-7-5-3-2-4-6-8-10-12-14-17-22-18-16-19-23-21-22/h16,18-19,21,24H,2,4,6-15,17,20H2,1H3. The van der Waals surface area contributed by atoms with Crippen LogP contribution in [0.3, 0.4) is 0 Å². The first-order valence-electron chi connectivity index (χ1n) is 10.0. The van der Waals surface area contributed by atoms with E-state index in [1.165, 1.54) is 76.2 Å². The van der Waals surface area contributed by atoms with Crippen molar-refractivity contribution in [2.45, 2.75) is 83.5 Å². The third kappa shape index (κ3) is 14.7. The van der Waals surface area contributed by atoms with Gasteiger partial charge in [-0.1, -0.05) is 44.6 Å². The summed E-state index contributed by atoms with van der Waals surface area (Å²) in [4.78, 5) is 8.96. The summed E-state index contributed by atoms with van der Waals surface area (Å²) in [5, 5.41) is 0. The summed E-state index contributed by atoms with van der Waals surface area (Å²) in [5.74, 6) is 6.65. The van der Waals surface area contributed by atoms with Crippen molar-refractivity contribution in [2.75, 3.05) is 13.7 Å². The molecule has 0 aliphatic heterocycles. The summed E-state index contributed by atoms with van der Waals surface area (Å²) in [6.45, 7) is 0.950. The first-order chi connectivity index (χ1) is 12.4. The molecule has 0 radical (unpaired) electrons. The Morgan fingerprint density at radius 2 is 1.52 bits per heavy atom. The third-order valence-corrected chi connectivity index (χ3v) is 4.34. The molecule has 140 valence electrons. The zero-order valence-electron chi connectivity index (χ0n) is 16.1. The van der Waals surface area contributed by atoms with Gasteiger partial charge in [-0.3, -0.25) is 4.98 Å². The lowest BCUT2D eigenvalue weighted by Crippen LogP contribution is -2.12. The van der Waals surface area contributed by atoms with Crippen molar-refractivity contribution in [3.8, 4) is 11.8 Å². The van der Waals surface area contributed by atoms with Crippen molar-refractivity contribution < 1.29 is 4.84 Å². The highest BCUT2D eigenvalue weighted by Crippen LogP contribution is 2.10. The second kappa shape index (κ2) is 17.5. The van der Waals surface area contributed by atoms with E-state index in [0.29, 0.717) is 0 Å². The monoisotopic (exact) mass is 344 g/mol. The molecule has 3 heteroatoms. The topological polar surface area (TPSA) is 34.1 Å². The normalized spacial score (nSPS) is 10.4. The van der Waals surface area contributed by atoms with Crippen LogP contribution in [0.2, 0.25) is 0 Å². The summed E-state index contributed by atoms with van der Waals surface area (Å²) < 4.78 is 0. The maximum atomic E-state index is 4.80. The first kappa shape index (κ1) is 21.7. The molecule has 1 aromatic rings. The van der Waals surface area contributed by atoms with E-state index >= 15 is 0 Å². The molecule has 1 aromatic heterocycles. The number of hydrogen-bond donors (Lipinski definition) is 1. The molecule has 1 rings (SSSR count). The fraction of sp³-hybridized carbons (Fsp3) is 0.682. The van der Waals surface area contributed by atoms with Gasteiger partial charge in [-0.2, -0.15) is 0 Å². The van der Waals surface area contributed by atoms with Crippen molar-refractivity contribution in [1.82, 2.24) is 10.5 Å². The van der Waals surface area contributed by atoms with Crippen LogP contribution in [0.15, 0.2) is 24.5 Å². The molecule has 0 bridgehead atoms. The van der Waals surface area contributed by atoms with E-state index in [0.717, 1.165) is 19.4 Å². The van der Waals surface area contributed by atoms with Crippen LogP contribution in [0.1, 0.15) is 82.6 Å². The molecule has 1 heterocycles. The molecule has 1 N–H and O–H groups in total. The van der Waals surface area contributed by atoms with Gasteiger partial charge >= 0.3 is 0 Å². The number of unbranched alkanes of at least 4 members (excludes halogenated alkanes) is 10. The summed E-state index contributed by atoms with van der Waals surface area (Å²) >= 11 is 0. The fourth-order valence-electron chi connectivity index (χ4n) is 2.84. The van der Waals surface area contributed by atoms with Gasteiger partial charge in [-0.15, -0.1) is 11.8 Å². The molecule has 0 unspecified atom stereocenters. The molecule has 0 aliphatic carbocycles. The number of aryl methyl sites for hydroxylation is 1. The van der Waals surface area contributed by atoms with Crippen LogP contribution in [0.4, 0.5) is 0 Å². The number of nitrogens with one attached hydrogen (secondary N) is 1. The van der Waals surface area contributed by atoms with Gasteiger partial charge in [0, 0.05) is 31.8 Å². The van der Waals surface area contributed by atoms with Crippen LogP contribution in [-0.2, 0) is 11.3 Å². The van der Waals surface area contributed by atoms with E-state index in [2.05, 4.69) is 28.4 Å². The molecule has 0 atom stereocenters. The van der Waals surface area contributed by atoms with Crippen LogP contribution >= 0.6 is 0 Å². The molecule has 0 amide bonds. The Labute approximate surface area is 154 Å². The zero-order valence-corrected chi connectivity index (χ0v) is 16.1. The van der Waals surface area contributed by atoms with Crippen molar-refractivity contribution in [3.05, 3.63) is 30.1 Å². The molecule has 3 nitrogen and oxygen atoms in total. The zero-order chi connectivity index (χ0) is 17.8. The maximum Gasteiger partial charge on any atom is 0.0572 e. The second-order valence-electron chi connectivity index (χ2n) is 6.60. The van der Waals surface area contributed by atoms with Gasteiger partial charge < -0.3 is 4.84 Å². The molecule has 25 heavy (non-hydrogen) atoms. The summed E-state index contributed by atoms with van der Waals surface area (Å²) in [6, 6.07) is 4.20. The Kier molecular flexibility index (Phi) is 15.1. The van der Waals surface area contributed by atoms with Crippen molar-refractivity contribution in [3.63, 3.8) is 0 Å². The average molecular weight is 345 g/mol. The summed E-state index contributed by atoms with van der Waals surface area (Å²) in [6.07, 6.45) is 20.0. The van der Waals surface area contributed by atoms with Gasteiger partial charge in [0.15, 0.2) is 0 Å². The predicted molar refractivity (Wildman–Crippen MR) is 106 cm³/mol. The van der Waals surface area contributed by atoms with Crippen LogP contribution in [-0.4, -0.2) is 18.6 Å². The van der Waals surface area contributed by atoms with Gasteiger partial charge in [0.1, 0.15) is 0 Å². The number of pyridine rings is 1. The third-order valence-electron chi connectivity index (χ3n) is 4.34. The van der Waals surface area contributed by atoms with Gasteiger partial charge in [0.2, 0.25) is 0 Å². The van der Waals surface area contributed by atoms with Gasteiger partial charge in [-0.05, 0) is 43.7 Å². The molecule has 0 saturated heterocycles. The molecule has 0 saturated carbocycles. The number of aromatic nitrogens is 1. The lowest BCUT2D eigenvalue weighted by molar-refractivity contribution is 0.0905. The van der Waals surface area contributed by atoms with Crippen LogP contribution < -0.4 is 5.48 Å². The van der Waals surface area contributed by atoms with Crippen molar-refractivity contribution >= 4 is 0 Å². The first-order valence-corrected chi connectivity index (χ1v) is 10.0. The highest BCUT2D eigenvalue weighted by Gasteiger charge is 1.94. The van der Waals surface area contributed by atoms with Crippen molar-refractivity contribution in [1.29, 1.82) is 0 Å². The van der Waals surface area contributed by atoms with Gasteiger partial charge in [0.05, 0.1) is 7.11 Å². The Morgan fingerprint density at radius 1 is 0.880 bits per heavy atom. The highest BCUT2D eigenvalue weighted by molar-refractivity contribution is 5.08. The number of hydrogen-bond acceptors (Lipinski definition) is 3. The maximum absolute atomic E-state index is 4.80. The predicted octanol–water partition coefficient (Wildman–Crippen LogP) is 5.46. The molecule has 0 fully saturated rings. The molecule has 0 spiro atoms. The minimum atomic E-state index is 0.950. The van der Waals surface area contributed by atoms with E-state index in [9.17, 15) is 0 Å². The smallest absolute Gasteiger partial charge is 0.0572 e. The van der Waals surface area contributed by atoms with Gasteiger partial charge in [-0.25, -0.2) is 5.48 Å². The SMILES string of the molecule is CONCCCCCCC#CCCCCCCCCc1cccnc1. The highest BCUT2D eigenvalue weighted by atomic mass is 16.6. The number of rotatable bonds is 15. The average Bonchev–Trinajstić information content (AvgIpc) is 2.65. The minimum Gasteiger partial charge on any atom is -0.305 e. The lowest BCUT2D eigenvalue weighted by atomic mass is 10.1. The Bertz CT molecular complexity index is 450. The van der Waals surface area contributed by atoms with E-state index in [-0.39, 0.29) is 0 Å². The Hall–Kier alpha value is -1.37. The van der Waals surface area contributed by atoms with E-state index in [4.69, 9.17) is 4.84 Å². The number of nitrogens with zero attached hydrogens (tertiary/aromatic N) is 1. The van der Waals surface area contributed by atoms with E-state index in [1.807, 2.05) is 18.5 Å². The molecule has 0 aliphatic rings. The molecular formula is C22H36N2O. The van der Waals surface area contributed by atoms with E-state index in [1.54, 1.807) is 7.11 Å². The molecular weight excluding hydrogens is 308 g/mol. The van der Waals surface area contributed by atoms with E-state index < -0.39 is 0 Å². The quantitative estimate of drug-likeness (QED) is 0.261. The largest absolute Gasteiger partial charge is 0.305 e. The van der Waals surface area contributed by atoms with Crippen LogP contribution in [0, 0.1) is 11.8 Å². The summed E-state index contributed by atoms with van der Waals surface area (Å²) in [5.41, 5.74) is 4.24.